The number of nitrogen functional groups attached to an aromatic ring is 1. The Hall–Kier alpha value is -1.70. The first-order valence-electron chi connectivity index (χ1n) is 6.39. The zero-order valence-electron chi connectivity index (χ0n) is 11.5. The molecule has 2 N–H and O–H groups in total. The number of nitrogens with two attached hydrogens (primary N) is 1. The summed E-state index contributed by atoms with van der Waals surface area (Å²) in [4.78, 5) is 26.1. The summed E-state index contributed by atoms with van der Waals surface area (Å²) in [5.41, 5.74) is 6.41. The lowest BCUT2D eigenvalue weighted by Gasteiger charge is -2.33. The standard InChI is InChI=1S/C12H18N4O3S/c1-3-19-12(18)9-7-20-5-4-16(9)11(17)10-8(13)6-14-15(10)2/h6,9H,3-5,7,13H2,1-2H3. The van der Waals surface area contributed by atoms with Gasteiger partial charge in [-0.2, -0.15) is 16.9 Å². The number of anilines is 1. The Morgan fingerprint density at radius 3 is 2.95 bits per heavy atom. The lowest BCUT2D eigenvalue weighted by Crippen LogP contribution is -2.51. The number of carbonyl (C=O) groups is 2. The largest absolute Gasteiger partial charge is 0.464 e. The number of aryl methyl sites for hydroxylation is 1. The first kappa shape index (κ1) is 14.7. The van der Waals surface area contributed by atoms with Gasteiger partial charge in [0.2, 0.25) is 0 Å². The van der Waals surface area contributed by atoms with Crippen molar-refractivity contribution in [2.45, 2.75) is 13.0 Å². The summed E-state index contributed by atoms with van der Waals surface area (Å²) in [6.07, 6.45) is 1.44. The fourth-order valence-corrected chi connectivity index (χ4v) is 3.16. The third-order valence-electron chi connectivity index (χ3n) is 3.12. The number of carbonyl (C=O) groups excluding carboxylic acids is 2. The van der Waals surface area contributed by atoms with Crippen LogP contribution in [-0.4, -0.2) is 57.3 Å². The first-order chi connectivity index (χ1) is 9.56. The Morgan fingerprint density at radius 1 is 1.60 bits per heavy atom. The monoisotopic (exact) mass is 298 g/mol. The molecule has 1 aliphatic rings. The Bertz CT molecular complexity index is 497. The van der Waals surface area contributed by atoms with Gasteiger partial charge in [0.25, 0.3) is 5.91 Å². The van der Waals surface area contributed by atoms with Crippen molar-refractivity contribution in [3.63, 3.8) is 0 Å². The van der Waals surface area contributed by atoms with Gasteiger partial charge in [-0.1, -0.05) is 0 Å². The van der Waals surface area contributed by atoms with Crippen molar-refractivity contribution in [1.82, 2.24) is 14.7 Å². The van der Waals surface area contributed by atoms with Crippen molar-refractivity contribution >= 4 is 29.3 Å². The van der Waals surface area contributed by atoms with Gasteiger partial charge in [0.1, 0.15) is 11.7 Å². The number of aromatic nitrogens is 2. The van der Waals surface area contributed by atoms with Gasteiger partial charge in [-0.05, 0) is 6.92 Å². The van der Waals surface area contributed by atoms with E-state index in [1.165, 1.54) is 15.8 Å². The molecular weight excluding hydrogens is 280 g/mol. The number of ether oxygens (including phenoxy) is 1. The topological polar surface area (TPSA) is 90.4 Å². The minimum atomic E-state index is -0.560. The van der Waals surface area contributed by atoms with Crippen LogP contribution in [0.2, 0.25) is 0 Å². The molecule has 0 saturated carbocycles. The Kier molecular flexibility index (Phi) is 4.53. The maximum atomic E-state index is 12.6. The van der Waals surface area contributed by atoms with Crippen molar-refractivity contribution in [2.75, 3.05) is 30.4 Å². The van der Waals surface area contributed by atoms with Crippen molar-refractivity contribution in [1.29, 1.82) is 0 Å². The van der Waals surface area contributed by atoms with Crippen LogP contribution in [0.15, 0.2) is 6.20 Å². The van der Waals surface area contributed by atoms with Crippen LogP contribution in [0, 0.1) is 0 Å². The van der Waals surface area contributed by atoms with Crippen molar-refractivity contribution in [3.8, 4) is 0 Å². The van der Waals surface area contributed by atoms with Crippen molar-refractivity contribution in [3.05, 3.63) is 11.9 Å². The molecule has 7 nitrogen and oxygen atoms in total. The Balaban J connectivity index is 2.24. The highest BCUT2D eigenvalue weighted by atomic mass is 32.2. The summed E-state index contributed by atoms with van der Waals surface area (Å²) in [6.45, 7) is 2.55. The lowest BCUT2D eigenvalue weighted by atomic mass is 10.2. The quantitative estimate of drug-likeness (QED) is 0.797. The van der Waals surface area contributed by atoms with Crippen LogP contribution in [0.25, 0.3) is 0 Å². The second-order valence-electron chi connectivity index (χ2n) is 4.41. The van der Waals surface area contributed by atoms with Crippen molar-refractivity contribution in [2.24, 2.45) is 7.05 Å². The number of hydrogen-bond acceptors (Lipinski definition) is 6. The van der Waals surface area contributed by atoms with Crippen LogP contribution in [-0.2, 0) is 16.6 Å². The summed E-state index contributed by atoms with van der Waals surface area (Å²) in [6, 6.07) is -0.560. The van der Waals surface area contributed by atoms with E-state index in [-0.39, 0.29) is 11.9 Å². The number of thioether (sulfide) groups is 1. The summed E-state index contributed by atoms with van der Waals surface area (Å²) >= 11 is 1.64. The van der Waals surface area contributed by atoms with E-state index in [1.54, 1.807) is 25.7 Å². The number of amides is 1. The molecular formula is C12H18N4O3S. The molecule has 1 amide bonds. The fraction of sp³-hybridized carbons (Fsp3) is 0.583. The highest BCUT2D eigenvalue weighted by molar-refractivity contribution is 7.99. The SMILES string of the molecule is CCOC(=O)C1CSCCN1C(=O)c1c(N)cnn1C. The molecule has 0 spiro atoms. The van der Waals surface area contributed by atoms with Gasteiger partial charge < -0.3 is 15.4 Å². The number of rotatable bonds is 3. The summed E-state index contributed by atoms with van der Waals surface area (Å²) in [5.74, 6) is 0.691. The predicted molar refractivity (Wildman–Crippen MR) is 76.4 cm³/mol. The third-order valence-corrected chi connectivity index (χ3v) is 4.14. The van der Waals surface area contributed by atoms with Gasteiger partial charge >= 0.3 is 5.97 Å². The molecule has 20 heavy (non-hydrogen) atoms. The molecule has 2 rings (SSSR count). The van der Waals surface area contributed by atoms with E-state index < -0.39 is 6.04 Å². The van der Waals surface area contributed by atoms with E-state index in [2.05, 4.69) is 5.10 Å². The van der Waals surface area contributed by atoms with E-state index in [4.69, 9.17) is 10.5 Å². The van der Waals surface area contributed by atoms with Gasteiger partial charge in [-0.3, -0.25) is 9.48 Å². The third kappa shape index (κ3) is 2.74. The molecule has 1 aromatic heterocycles. The van der Waals surface area contributed by atoms with Crippen LogP contribution in [0.5, 0.6) is 0 Å². The van der Waals surface area contributed by atoms with Gasteiger partial charge in [-0.15, -0.1) is 0 Å². The van der Waals surface area contributed by atoms with Gasteiger partial charge in [-0.25, -0.2) is 4.79 Å². The Labute approximate surface area is 121 Å². The van der Waals surface area contributed by atoms with Gasteiger partial charge in [0, 0.05) is 25.1 Å². The molecule has 1 atom stereocenters. The zero-order valence-corrected chi connectivity index (χ0v) is 12.4. The second-order valence-corrected chi connectivity index (χ2v) is 5.56. The van der Waals surface area contributed by atoms with Crippen LogP contribution < -0.4 is 5.73 Å². The van der Waals surface area contributed by atoms with Crippen molar-refractivity contribution < 1.29 is 14.3 Å². The molecule has 1 aliphatic heterocycles. The highest BCUT2D eigenvalue weighted by Crippen LogP contribution is 2.22. The molecule has 0 radical (unpaired) electrons. The lowest BCUT2D eigenvalue weighted by molar-refractivity contribution is -0.147. The molecule has 1 saturated heterocycles. The average Bonchev–Trinajstić information content (AvgIpc) is 2.78. The second kappa shape index (κ2) is 6.17. The molecule has 0 aliphatic carbocycles. The maximum absolute atomic E-state index is 12.6. The van der Waals surface area contributed by atoms with Crippen LogP contribution >= 0.6 is 11.8 Å². The molecule has 0 bridgehead atoms. The van der Waals surface area contributed by atoms with E-state index in [0.717, 1.165) is 5.75 Å². The van der Waals surface area contributed by atoms with E-state index in [9.17, 15) is 9.59 Å². The zero-order chi connectivity index (χ0) is 14.7. The summed E-state index contributed by atoms with van der Waals surface area (Å²) in [5, 5.41) is 3.96. The van der Waals surface area contributed by atoms with Crippen LogP contribution in [0.1, 0.15) is 17.4 Å². The summed E-state index contributed by atoms with van der Waals surface area (Å²) < 4.78 is 6.47. The molecule has 1 fully saturated rings. The predicted octanol–water partition coefficient (Wildman–Crippen LogP) is 0.123. The van der Waals surface area contributed by atoms with E-state index >= 15 is 0 Å². The smallest absolute Gasteiger partial charge is 0.329 e. The highest BCUT2D eigenvalue weighted by Gasteiger charge is 2.35. The average molecular weight is 298 g/mol. The van der Waals surface area contributed by atoms with Gasteiger partial charge in [0.15, 0.2) is 0 Å². The fourth-order valence-electron chi connectivity index (χ4n) is 2.13. The number of nitrogens with zero attached hydrogens (tertiary/aromatic N) is 3. The molecule has 2 heterocycles. The molecule has 0 aromatic carbocycles. The number of esters is 1. The minimum Gasteiger partial charge on any atom is -0.464 e. The maximum Gasteiger partial charge on any atom is 0.329 e. The van der Waals surface area contributed by atoms with Crippen LogP contribution in [0.3, 0.4) is 0 Å². The Morgan fingerprint density at radius 2 is 2.35 bits per heavy atom. The summed E-state index contributed by atoms with van der Waals surface area (Å²) in [7, 11) is 1.65. The first-order valence-corrected chi connectivity index (χ1v) is 7.54. The van der Waals surface area contributed by atoms with E-state index in [0.29, 0.717) is 30.3 Å². The van der Waals surface area contributed by atoms with Gasteiger partial charge in [0.05, 0.1) is 18.5 Å². The molecule has 110 valence electrons. The minimum absolute atomic E-state index is 0.277. The number of hydrogen-bond donors (Lipinski definition) is 1. The molecule has 1 unspecified atom stereocenters. The van der Waals surface area contributed by atoms with Crippen LogP contribution in [0.4, 0.5) is 5.69 Å². The molecule has 1 aromatic rings. The molecule has 8 heteroatoms. The normalized spacial score (nSPS) is 18.9. The van der Waals surface area contributed by atoms with E-state index in [1.807, 2.05) is 0 Å².